The van der Waals surface area contributed by atoms with Crippen molar-refractivity contribution in [2.24, 2.45) is 0 Å². The normalized spacial score (nSPS) is 14.4. The van der Waals surface area contributed by atoms with Gasteiger partial charge in [0.2, 0.25) is 6.41 Å². The lowest BCUT2D eigenvalue weighted by molar-refractivity contribution is -0.110. The van der Waals surface area contributed by atoms with E-state index in [1.807, 2.05) is 13.8 Å². The molecule has 0 saturated carbocycles. The highest BCUT2D eigenvalue weighted by atomic mass is 32.2. The Morgan fingerprint density at radius 2 is 2.14 bits per heavy atom. The van der Waals surface area contributed by atoms with Crippen LogP contribution in [0.1, 0.15) is 20.3 Å². The summed E-state index contributed by atoms with van der Waals surface area (Å²) in [6.45, 7) is 4.81. The van der Waals surface area contributed by atoms with E-state index in [1.54, 1.807) is 11.8 Å². The van der Waals surface area contributed by atoms with Crippen molar-refractivity contribution in [3.63, 3.8) is 0 Å². The van der Waals surface area contributed by atoms with Crippen LogP contribution in [-0.2, 0) is 9.59 Å². The highest BCUT2D eigenvalue weighted by Gasteiger charge is 2.14. The van der Waals surface area contributed by atoms with E-state index in [9.17, 15) is 9.59 Å². The van der Waals surface area contributed by atoms with Crippen molar-refractivity contribution in [3.05, 3.63) is 0 Å². The van der Waals surface area contributed by atoms with E-state index < -0.39 is 0 Å². The largest absolute Gasteiger partial charge is 0.354 e. The number of nitrogens with one attached hydrogen (secondary N) is 2. The third kappa shape index (κ3) is 5.99. The van der Waals surface area contributed by atoms with Crippen LogP contribution < -0.4 is 10.6 Å². The Hall–Kier alpha value is -0.550. The number of carbonyl (C=O) groups excluding carboxylic acids is 2. The van der Waals surface area contributed by atoms with Crippen molar-refractivity contribution in [3.8, 4) is 0 Å². The molecular weight excluding hydrogens is 200 g/mol. The predicted molar refractivity (Wildman–Crippen MR) is 59.3 cm³/mol. The van der Waals surface area contributed by atoms with Gasteiger partial charge in [-0.15, -0.1) is 11.8 Å². The summed E-state index contributed by atoms with van der Waals surface area (Å²) in [5, 5.41) is 6.13. The number of aldehydes is 1. The molecule has 0 aliphatic carbocycles. The molecule has 0 spiro atoms. The van der Waals surface area contributed by atoms with Gasteiger partial charge < -0.3 is 15.4 Å². The summed E-state index contributed by atoms with van der Waals surface area (Å²) in [6, 6.07) is 0.0732. The van der Waals surface area contributed by atoms with E-state index in [-0.39, 0.29) is 11.4 Å². The van der Waals surface area contributed by atoms with Gasteiger partial charge in [-0.1, -0.05) is 6.92 Å². The first-order chi connectivity index (χ1) is 6.76. The lowest BCUT2D eigenvalue weighted by Gasteiger charge is -2.23. The number of thioether (sulfide) groups is 1. The van der Waals surface area contributed by atoms with Crippen molar-refractivity contribution in [2.45, 2.75) is 31.7 Å². The topological polar surface area (TPSA) is 58.2 Å². The minimum Gasteiger partial charge on any atom is -0.354 e. The number of hydrogen-bond acceptors (Lipinski definition) is 4. The van der Waals surface area contributed by atoms with Gasteiger partial charge in [-0.3, -0.25) is 4.79 Å². The second kappa shape index (κ2) is 9.02. The molecule has 2 N–H and O–H groups in total. The maximum absolute atomic E-state index is 10.2. The molecule has 0 aromatic rings. The van der Waals surface area contributed by atoms with E-state index in [0.29, 0.717) is 12.8 Å². The maximum atomic E-state index is 10.2. The molecule has 0 fully saturated rings. The predicted octanol–water partition coefficient (Wildman–Crippen LogP) is 0.379. The molecule has 0 aliphatic rings. The second-order valence-corrected chi connectivity index (χ2v) is 4.13. The van der Waals surface area contributed by atoms with Crippen LogP contribution in [0.15, 0.2) is 0 Å². The Labute approximate surface area is 89.2 Å². The molecule has 4 nitrogen and oxygen atoms in total. The molecule has 14 heavy (non-hydrogen) atoms. The second-order valence-electron chi connectivity index (χ2n) is 2.88. The van der Waals surface area contributed by atoms with Gasteiger partial charge in [0.05, 0.1) is 11.4 Å². The van der Waals surface area contributed by atoms with Crippen LogP contribution in [0, 0.1) is 0 Å². The van der Waals surface area contributed by atoms with Crippen molar-refractivity contribution in [1.29, 1.82) is 0 Å². The van der Waals surface area contributed by atoms with E-state index >= 15 is 0 Å². The Morgan fingerprint density at radius 1 is 1.43 bits per heavy atom. The molecule has 0 bridgehead atoms. The fourth-order valence-corrected chi connectivity index (χ4v) is 2.16. The summed E-state index contributed by atoms with van der Waals surface area (Å²) < 4.78 is 0. The van der Waals surface area contributed by atoms with E-state index in [2.05, 4.69) is 10.6 Å². The molecule has 0 rings (SSSR count). The average Bonchev–Trinajstić information content (AvgIpc) is 2.17. The fourth-order valence-electron chi connectivity index (χ4n) is 1.02. The third-order valence-electron chi connectivity index (χ3n) is 1.72. The van der Waals surface area contributed by atoms with E-state index in [1.165, 1.54) is 0 Å². The average molecular weight is 218 g/mol. The summed E-state index contributed by atoms with van der Waals surface area (Å²) in [7, 11) is 0. The smallest absolute Gasteiger partial charge is 0.207 e. The molecule has 0 radical (unpaired) electrons. The quantitative estimate of drug-likeness (QED) is 0.334. The minimum atomic E-state index is 0.0732. The molecule has 0 aromatic carbocycles. The highest BCUT2D eigenvalue weighted by molar-refractivity contribution is 7.99. The molecule has 0 heterocycles. The monoisotopic (exact) mass is 218 g/mol. The molecule has 5 heteroatoms. The van der Waals surface area contributed by atoms with Gasteiger partial charge in [0.25, 0.3) is 0 Å². The SMILES string of the molecule is CCNC(SCCC=O)C(C)NC=O. The third-order valence-corrected chi connectivity index (χ3v) is 3.13. The first-order valence-electron chi connectivity index (χ1n) is 4.74. The van der Waals surface area contributed by atoms with Crippen LogP contribution >= 0.6 is 11.8 Å². The summed E-state index contributed by atoms with van der Waals surface area (Å²) in [4.78, 5) is 20.4. The molecule has 82 valence electrons. The van der Waals surface area contributed by atoms with Crippen molar-refractivity contribution >= 4 is 24.5 Å². The van der Waals surface area contributed by atoms with Crippen molar-refractivity contribution < 1.29 is 9.59 Å². The summed E-state index contributed by atoms with van der Waals surface area (Å²) in [6.07, 6.45) is 2.17. The molecule has 0 aromatic heterocycles. The zero-order valence-corrected chi connectivity index (χ0v) is 9.47. The summed E-state index contributed by atoms with van der Waals surface area (Å²) in [5.74, 6) is 0.784. The first kappa shape index (κ1) is 13.4. The van der Waals surface area contributed by atoms with Crippen molar-refractivity contribution in [2.75, 3.05) is 12.3 Å². The van der Waals surface area contributed by atoms with Gasteiger partial charge in [0.15, 0.2) is 0 Å². The standard InChI is InChI=1S/C9H18N2O2S/c1-3-10-9(8(2)11-7-13)14-6-4-5-12/h5,7-10H,3-4,6H2,1-2H3,(H,11,13). The van der Waals surface area contributed by atoms with Crippen LogP contribution in [0.2, 0.25) is 0 Å². The molecule has 2 atom stereocenters. The zero-order chi connectivity index (χ0) is 10.8. The number of likely N-dealkylation sites (N-methyl/N-ethyl adjacent to an activating group) is 1. The Bertz CT molecular complexity index is 167. The molecule has 2 unspecified atom stereocenters. The Balaban J connectivity index is 3.85. The fraction of sp³-hybridized carbons (Fsp3) is 0.778. The lowest BCUT2D eigenvalue weighted by Crippen LogP contribution is -2.43. The van der Waals surface area contributed by atoms with Crippen LogP contribution in [0.3, 0.4) is 0 Å². The Morgan fingerprint density at radius 3 is 2.64 bits per heavy atom. The molecule has 1 amide bonds. The van der Waals surface area contributed by atoms with Crippen LogP contribution in [0.4, 0.5) is 0 Å². The van der Waals surface area contributed by atoms with Gasteiger partial charge in [-0.2, -0.15) is 0 Å². The van der Waals surface area contributed by atoms with Crippen LogP contribution in [0.25, 0.3) is 0 Å². The first-order valence-corrected chi connectivity index (χ1v) is 5.79. The summed E-state index contributed by atoms with van der Waals surface area (Å²) in [5.41, 5.74) is 0. The van der Waals surface area contributed by atoms with Gasteiger partial charge in [0.1, 0.15) is 6.29 Å². The number of rotatable bonds is 9. The number of hydrogen-bond donors (Lipinski definition) is 2. The van der Waals surface area contributed by atoms with Gasteiger partial charge in [-0.25, -0.2) is 0 Å². The number of amides is 1. The minimum absolute atomic E-state index is 0.0732. The van der Waals surface area contributed by atoms with E-state index in [4.69, 9.17) is 0 Å². The maximum Gasteiger partial charge on any atom is 0.207 e. The lowest BCUT2D eigenvalue weighted by atomic mass is 10.3. The highest BCUT2D eigenvalue weighted by Crippen LogP contribution is 2.12. The van der Waals surface area contributed by atoms with Gasteiger partial charge in [-0.05, 0) is 13.5 Å². The molecule has 0 aliphatic heterocycles. The van der Waals surface area contributed by atoms with Crippen LogP contribution in [0.5, 0.6) is 0 Å². The summed E-state index contributed by atoms with van der Waals surface area (Å²) >= 11 is 1.65. The zero-order valence-electron chi connectivity index (χ0n) is 8.66. The van der Waals surface area contributed by atoms with Gasteiger partial charge in [0, 0.05) is 12.2 Å². The molecular formula is C9H18N2O2S. The molecule has 0 saturated heterocycles. The Kier molecular flexibility index (Phi) is 8.67. The van der Waals surface area contributed by atoms with Gasteiger partial charge >= 0.3 is 0 Å². The van der Waals surface area contributed by atoms with E-state index in [0.717, 1.165) is 18.6 Å². The van der Waals surface area contributed by atoms with Crippen molar-refractivity contribution in [1.82, 2.24) is 10.6 Å². The number of carbonyl (C=O) groups is 2. The van der Waals surface area contributed by atoms with Crippen LogP contribution in [-0.4, -0.2) is 36.4 Å².